The van der Waals surface area contributed by atoms with Crippen LogP contribution in [0.25, 0.3) is 0 Å². The zero-order chi connectivity index (χ0) is 24.4. The van der Waals surface area contributed by atoms with Gasteiger partial charge in [0, 0.05) is 74.6 Å². The zero-order valence-corrected chi connectivity index (χ0v) is 21.1. The van der Waals surface area contributed by atoms with Crippen LogP contribution in [-0.4, -0.2) is 67.1 Å². The number of hydrogen-bond acceptors (Lipinski definition) is 6. The molecule has 1 amide bonds. The normalized spacial score (nSPS) is 15.7. The highest BCUT2D eigenvalue weighted by Crippen LogP contribution is 2.30. The Morgan fingerprint density at radius 2 is 1.63 bits per heavy atom. The van der Waals surface area contributed by atoms with E-state index in [1.165, 1.54) is 5.69 Å². The van der Waals surface area contributed by atoms with Crippen LogP contribution < -0.4 is 14.7 Å². The van der Waals surface area contributed by atoms with Gasteiger partial charge in [0.05, 0.1) is 12.2 Å². The Morgan fingerprint density at radius 1 is 0.943 bits per heavy atom. The molecule has 8 heteroatoms. The molecule has 35 heavy (non-hydrogen) atoms. The fourth-order valence-corrected chi connectivity index (χ4v) is 4.87. The number of nitrogens with zero attached hydrogens (tertiary/aromatic N) is 6. The summed E-state index contributed by atoms with van der Waals surface area (Å²) in [6.07, 6.45) is 0.721. The van der Waals surface area contributed by atoms with Gasteiger partial charge in [-0.1, -0.05) is 29.8 Å². The predicted molar refractivity (Wildman–Crippen MR) is 142 cm³/mol. The summed E-state index contributed by atoms with van der Waals surface area (Å²) >= 11 is 6.01. The number of para-hydroxylation sites is 1. The third-order valence-corrected chi connectivity index (χ3v) is 7.18. The van der Waals surface area contributed by atoms with Crippen LogP contribution in [-0.2, 0) is 13.0 Å². The molecule has 0 radical (unpaired) electrons. The molecule has 2 aliphatic rings. The highest BCUT2D eigenvalue weighted by Gasteiger charge is 2.29. The summed E-state index contributed by atoms with van der Waals surface area (Å²) in [4.78, 5) is 31.9. The molecular formula is C27H31ClN6O. The molecule has 1 saturated heterocycles. The molecule has 0 bridgehead atoms. The largest absolute Gasteiger partial charge is 0.368 e. The number of halogens is 1. The molecule has 2 aliphatic heterocycles. The number of amides is 1. The van der Waals surface area contributed by atoms with E-state index in [2.05, 4.69) is 59.0 Å². The second kappa shape index (κ2) is 10.1. The van der Waals surface area contributed by atoms with Gasteiger partial charge in [0.2, 0.25) is 5.95 Å². The van der Waals surface area contributed by atoms with E-state index in [9.17, 15) is 4.79 Å². The van der Waals surface area contributed by atoms with Crippen LogP contribution in [0.3, 0.4) is 0 Å². The minimum Gasteiger partial charge on any atom is -0.368 e. The van der Waals surface area contributed by atoms with E-state index in [1.807, 2.05) is 4.90 Å². The predicted octanol–water partition coefficient (Wildman–Crippen LogP) is 4.11. The molecule has 1 aromatic heterocycles. The molecule has 7 nitrogen and oxygen atoms in total. The zero-order valence-electron chi connectivity index (χ0n) is 20.3. The quantitative estimate of drug-likeness (QED) is 0.536. The van der Waals surface area contributed by atoms with Crippen LogP contribution >= 0.6 is 11.6 Å². The van der Waals surface area contributed by atoms with Crippen molar-refractivity contribution in [3.05, 3.63) is 76.4 Å². The summed E-state index contributed by atoms with van der Waals surface area (Å²) in [7, 11) is 2.06. The Morgan fingerprint density at radius 3 is 2.31 bits per heavy atom. The number of piperazine rings is 1. The summed E-state index contributed by atoms with van der Waals surface area (Å²) in [6.45, 7) is 7.73. The summed E-state index contributed by atoms with van der Waals surface area (Å²) in [5.74, 6) is 1.73. The Labute approximate surface area is 211 Å². The van der Waals surface area contributed by atoms with Gasteiger partial charge in [0.15, 0.2) is 0 Å². The van der Waals surface area contributed by atoms with Gasteiger partial charge in [0.1, 0.15) is 5.82 Å². The second-order valence-electron chi connectivity index (χ2n) is 9.08. The Hall–Kier alpha value is -3.32. The first-order chi connectivity index (χ1) is 17.0. The average Bonchev–Trinajstić information content (AvgIpc) is 2.92. The number of benzene rings is 2. The van der Waals surface area contributed by atoms with Crippen molar-refractivity contribution in [2.45, 2.75) is 19.9 Å². The maximum atomic E-state index is 13.1. The number of carbonyl (C=O) groups excluding carboxylic acids is 1. The third-order valence-electron chi connectivity index (χ3n) is 6.92. The lowest BCUT2D eigenvalue weighted by Crippen LogP contribution is -2.47. The molecular weight excluding hydrogens is 460 g/mol. The lowest BCUT2D eigenvalue weighted by molar-refractivity contribution is 0.0733. The topological polar surface area (TPSA) is 55.8 Å². The SMILES string of the molecule is CCN(C)c1nc(N2CCN(c3ccccc3)CC2)nc2c1CN(C(=O)c1ccc(Cl)cc1)CC2. The Kier molecular flexibility index (Phi) is 6.77. The van der Waals surface area contributed by atoms with Crippen LogP contribution in [0.4, 0.5) is 17.5 Å². The van der Waals surface area contributed by atoms with Gasteiger partial charge in [-0.3, -0.25) is 4.79 Å². The van der Waals surface area contributed by atoms with Gasteiger partial charge in [-0.15, -0.1) is 0 Å². The van der Waals surface area contributed by atoms with Gasteiger partial charge >= 0.3 is 0 Å². The van der Waals surface area contributed by atoms with Crippen LogP contribution in [0.1, 0.15) is 28.5 Å². The first kappa shape index (κ1) is 23.4. The fourth-order valence-electron chi connectivity index (χ4n) is 4.74. The lowest BCUT2D eigenvalue weighted by Gasteiger charge is -2.37. The molecule has 1 fully saturated rings. The third kappa shape index (κ3) is 4.91. The number of hydrogen-bond donors (Lipinski definition) is 0. The molecule has 182 valence electrons. The van der Waals surface area contributed by atoms with Gasteiger partial charge in [0.25, 0.3) is 5.91 Å². The maximum Gasteiger partial charge on any atom is 0.254 e. The monoisotopic (exact) mass is 490 g/mol. The first-order valence-electron chi connectivity index (χ1n) is 12.2. The molecule has 3 heterocycles. The van der Waals surface area contributed by atoms with E-state index in [0.29, 0.717) is 23.7 Å². The summed E-state index contributed by atoms with van der Waals surface area (Å²) in [5, 5.41) is 0.628. The van der Waals surface area contributed by atoms with Crippen molar-refractivity contribution in [3.8, 4) is 0 Å². The molecule has 0 spiro atoms. The molecule has 0 unspecified atom stereocenters. The molecule has 3 aromatic rings. The van der Waals surface area contributed by atoms with Gasteiger partial charge in [-0.25, -0.2) is 4.98 Å². The number of rotatable bonds is 5. The Bertz CT molecular complexity index is 1180. The summed E-state index contributed by atoms with van der Waals surface area (Å²) in [5.41, 5.74) is 4.01. The van der Waals surface area contributed by atoms with Gasteiger partial charge in [-0.2, -0.15) is 4.98 Å². The molecule has 0 atom stereocenters. The first-order valence-corrected chi connectivity index (χ1v) is 12.6. The number of anilines is 3. The van der Waals surface area contributed by atoms with E-state index in [-0.39, 0.29) is 5.91 Å². The number of carbonyl (C=O) groups is 1. The number of fused-ring (bicyclic) bond motifs is 1. The van der Waals surface area contributed by atoms with Crippen molar-refractivity contribution < 1.29 is 4.79 Å². The summed E-state index contributed by atoms with van der Waals surface area (Å²) < 4.78 is 0. The van der Waals surface area contributed by atoms with Crippen LogP contribution in [0.2, 0.25) is 5.02 Å². The fraction of sp³-hybridized carbons (Fsp3) is 0.370. The summed E-state index contributed by atoms with van der Waals surface area (Å²) in [6, 6.07) is 17.6. The van der Waals surface area contributed by atoms with Gasteiger partial charge in [-0.05, 0) is 43.3 Å². The van der Waals surface area contributed by atoms with Crippen LogP contribution in [0, 0.1) is 0 Å². The molecule has 0 N–H and O–H groups in total. The van der Waals surface area contributed by atoms with E-state index < -0.39 is 0 Å². The van der Waals surface area contributed by atoms with E-state index in [4.69, 9.17) is 21.6 Å². The van der Waals surface area contributed by atoms with E-state index in [1.54, 1.807) is 24.3 Å². The van der Waals surface area contributed by atoms with Gasteiger partial charge < -0.3 is 19.6 Å². The smallest absolute Gasteiger partial charge is 0.254 e. The Balaban J connectivity index is 1.36. The van der Waals surface area contributed by atoms with E-state index >= 15 is 0 Å². The van der Waals surface area contributed by atoms with Crippen molar-refractivity contribution in [3.63, 3.8) is 0 Å². The maximum absolute atomic E-state index is 13.1. The molecule has 5 rings (SSSR count). The standard InChI is InChI=1S/C27H31ClN6O/c1-3-31(2)25-23-19-34(26(35)20-9-11-21(28)12-10-20)14-13-24(23)29-27(30-25)33-17-15-32(16-18-33)22-7-5-4-6-8-22/h4-12H,3,13-19H2,1-2H3. The van der Waals surface area contributed by atoms with Crippen molar-refractivity contribution in [2.75, 3.05) is 61.0 Å². The minimum atomic E-state index is 0.0125. The second-order valence-corrected chi connectivity index (χ2v) is 9.52. The number of aromatic nitrogens is 2. The van der Waals surface area contributed by atoms with Crippen molar-refractivity contribution in [1.29, 1.82) is 0 Å². The van der Waals surface area contributed by atoms with Crippen molar-refractivity contribution in [2.24, 2.45) is 0 Å². The van der Waals surface area contributed by atoms with Crippen molar-refractivity contribution in [1.82, 2.24) is 14.9 Å². The average molecular weight is 491 g/mol. The highest BCUT2D eigenvalue weighted by atomic mass is 35.5. The van der Waals surface area contributed by atoms with Crippen molar-refractivity contribution >= 4 is 35.0 Å². The van der Waals surface area contributed by atoms with Crippen LogP contribution in [0.15, 0.2) is 54.6 Å². The molecule has 0 saturated carbocycles. The highest BCUT2D eigenvalue weighted by molar-refractivity contribution is 6.30. The lowest BCUT2D eigenvalue weighted by atomic mass is 10.0. The molecule has 0 aliphatic carbocycles. The minimum absolute atomic E-state index is 0.0125. The van der Waals surface area contributed by atoms with Crippen LogP contribution in [0.5, 0.6) is 0 Å². The van der Waals surface area contributed by atoms with E-state index in [0.717, 1.165) is 62.2 Å². The molecule has 2 aromatic carbocycles.